The molecule has 0 spiro atoms. The maximum absolute atomic E-state index is 2.54. The van der Waals surface area contributed by atoms with Gasteiger partial charge in [0.1, 0.15) is 0 Å². The topological polar surface area (TPSA) is 0 Å². The minimum absolute atomic E-state index is 0.712. The molecule has 0 aliphatic heterocycles. The first kappa shape index (κ1) is 17.1. The zero-order chi connectivity index (χ0) is 15.9. The van der Waals surface area contributed by atoms with Crippen LogP contribution in [0.4, 0.5) is 0 Å². The second-order valence-corrected chi connectivity index (χ2v) is 6.95. The highest BCUT2D eigenvalue weighted by Crippen LogP contribution is 2.37. The number of rotatable bonds is 7. The molecule has 0 saturated heterocycles. The molecule has 120 valence electrons. The van der Waals surface area contributed by atoms with E-state index in [-0.39, 0.29) is 0 Å². The molecule has 1 aromatic rings. The Kier molecular flexibility index (Phi) is 6.49. The second kappa shape index (κ2) is 8.36. The third kappa shape index (κ3) is 4.35. The van der Waals surface area contributed by atoms with Crippen LogP contribution < -0.4 is 0 Å². The summed E-state index contributed by atoms with van der Waals surface area (Å²) in [7, 11) is 0. The van der Waals surface area contributed by atoms with Crippen molar-refractivity contribution in [2.75, 3.05) is 0 Å². The molecule has 1 aliphatic carbocycles. The molecule has 0 nitrogen and oxygen atoms in total. The van der Waals surface area contributed by atoms with Gasteiger partial charge in [-0.25, -0.2) is 0 Å². The molecule has 1 aromatic carbocycles. The van der Waals surface area contributed by atoms with Crippen LogP contribution in [-0.4, -0.2) is 0 Å². The van der Waals surface area contributed by atoms with Crippen molar-refractivity contribution < 1.29 is 0 Å². The van der Waals surface area contributed by atoms with Crippen LogP contribution in [0.1, 0.15) is 65.4 Å². The van der Waals surface area contributed by atoms with Crippen molar-refractivity contribution in [1.82, 2.24) is 0 Å². The van der Waals surface area contributed by atoms with Crippen LogP contribution in [0.2, 0.25) is 0 Å². The van der Waals surface area contributed by atoms with Crippen LogP contribution in [0.15, 0.2) is 53.1 Å². The van der Waals surface area contributed by atoms with E-state index in [0.29, 0.717) is 5.92 Å². The first-order valence-corrected chi connectivity index (χ1v) is 9.08. The molecular formula is C22H32. The Bertz CT molecular complexity index is 518. The fourth-order valence-corrected chi connectivity index (χ4v) is 3.99. The minimum atomic E-state index is 0.712. The normalized spacial score (nSPS) is 20.0. The van der Waals surface area contributed by atoms with E-state index >= 15 is 0 Å². The van der Waals surface area contributed by atoms with Crippen LogP contribution in [0.25, 0.3) is 0 Å². The van der Waals surface area contributed by atoms with E-state index in [2.05, 4.69) is 64.1 Å². The van der Waals surface area contributed by atoms with Crippen molar-refractivity contribution in [3.05, 3.63) is 58.7 Å². The van der Waals surface area contributed by atoms with Gasteiger partial charge < -0.3 is 0 Å². The number of allylic oxidation sites excluding steroid dienone is 4. The fourth-order valence-electron chi connectivity index (χ4n) is 3.99. The average molecular weight is 296 g/mol. The maximum Gasteiger partial charge on any atom is -0.0163 e. The van der Waals surface area contributed by atoms with Crippen molar-refractivity contribution in [3.63, 3.8) is 0 Å². The van der Waals surface area contributed by atoms with Crippen molar-refractivity contribution in [2.45, 2.75) is 66.2 Å². The molecule has 0 aromatic heterocycles. The molecular weight excluding hydrogens is 264 g/mol. The second-order valence-electron chi connectivity index (χ2n) is 6.95. The monoisotopic (exact) mass is 296 g/mol. The van der Waals surface area contributed by atoms with Gasteiger partial charge in [-0.3, -0.25) is 0 Å². The standard InChI is InChI=1S/C22H32/c1-5-10-20-13-14-21(18(4)22(20)6-2)16-17(3)15-19-11-8-7-9-12-19/h7-9,11-12,14,17,20H,5-6,10,13,15-16H2,1-4H3. The van der Waals surface area contributed by atoms with Gasteiger partial charge in [0.05, 0.1) is 0 Å². The lowest BCUT2D eigenvalue weighted by molar-refractivity contribution is 0.516. The first-order valence-electron chi connectivity index (χ1n) is 9.08. The lowest BCUT2D eigenvalue weighted by atomic mass is 9.77. The Balaban J connectivity index is 2.02. The highest BCUT2D eigenvalue weighted by Gasteiger charge is 2.21. The molecule has 2 unspecified atom stereocenters. The smallest absolute Gasteiger partial charge is 0.0163 e. The maximum atomic E-state index is 2.54. The molecule has 1 aliphatic rings. The van der Waals surface area contributed by atoms with Gasteiger partial charge in [0, 0.05) is 0 Å². The van der Waals surface area contributed by atoms with Gasteiger partial charge in [0.25, 0.3) is 0 Å². The zero-order valence-electron chi connectivity index (χ0n) is 14.9. The Morgan fingerprint density at radius 3 is 2.45 bits per heavy atom. The van der Waals surface area contributed by atoms with E-state index in [4.69, 9.17) is 0 Å². The summed E-state index contributed by atoms with van der Waals surface area (Å²) < 4.78 is 0. The molecule has 0 fully saturated rings. The Hall–Kier alpha value is -1.30. The molecule has 0 radical (unpaired) electrons. The number of hydrogen-bond donors (Lipinski definition) is 0. The average Bonchev–Trinajstić information content (AvgIpc) is 2.51. The van der Waals surface area contributed by atoms with Gasteiger partial charge in [0.15, 0.2) is 0 Å². The van der Waals surface area contributed by atoms with E-state index in [1.165, 1.54) is 44.1 Å². The summed E-state index contributed by atoms with van der Waals surface area (Å²) in [4.78, 5) is 0. The van der Waals surface area contributed by atoms with Gasteiger partial charge in [-0.2, -0.15) is 0 Å². The molecule has 0 N–H and O–H groups in total. The molecule has 0 amide bonds. The quantitative estimate of drug-likeness (QED) is 0.523. The van der Waals surface area contributed by atoms with Crippen LogP contribution in [0.5, 0.6) is 0 Å². The van der Waals surface area contributed by atoms with Crippen LogP contribution >= 0.6 is 0 Å². The molecule has 0 heteroatoms. The third-order valence-electron chi connectivity index (χ3n) is 5.12. The summed E-state index contributed by atoms with van der Waals surface area (Å²) in [6.45, 7) is 9.40. The Labute approximate surface area is 137 Å². The van der Waals surface area contributed by atoms with E-state index in [0.717, 1.165) is 5.92 Å². The molecule has 0 saturated carbocycles. The lowest BCUT2D eigenvalue weighted by Gasteiger charge is -2.28. The summed E-state index contributed by atoms with van der Waals surface area (Å²) in [5.74, 6) is 1.52. The fraction of sp³-hybridized carbons (Fsp3) is 0.545. The van der Waals surface area contributed by atoms with Crippen molar-refractivity contribution >= 4 is 0 Å². The van der Waals surface area contributed by atoms with Gasteiger partial charge in [0.2, 0.25) is 0 Å². The summed E-state index contributed by atoms with van der Waals surface area (Å²) in [5.41, 5.74) is 6.42. The molecule has 2 rings (SSSR count). The van der Waals surface area contributed by atoms with Crippen LogP contribution in [0.3, 0.4) is 0 Å². The van der Waals surface area contributed by atoms with Gasteiger partial charge >= 0.3 is 0 Å². The minimum Gasteiger partial charge on any atom is -0.0804 e. The van der Waals surface area contributed by atoms with Crippen molar-refractivity contribution in [3.8, 4) is 0 Å². The Morgan fingerprint density at radius 1 is 1.09 bits per heavy atom. The van der Waals surface area contributed by atoms with E-state index in [1.807, 2.05) is 0 Å². The number of benzene rings is 1. The predicted molar refractivity (Wildman–Crippen MR) is 98.0 cm³/mol. The van der Waals surface area contributed by atoms with Crippen molar-refractivity contribution in [1.29, 1.82) is 0 Å². The molecule has 2 atom stereocenters. The number of hydrogen-bond acceptors (Lipinski definition) is 0. The van der Waals surface area contributed by atoms with Crippen LogP contribution in [0, 0.1) is 11.8 Å². The highest BCUT2D eigenvalue weighted by molar-refractivity contribution is 5.38. The van der Waals surface area contributed by atoms with E-state index in [9.17, 15) is 0 Å². The zero-order valence-corrected chi connectivity index (χ0v) is 14.9. The van der Waals surface area contributed by atoms with Gasteiger partial charge in [-0.15, -0.1) is 0 Å². The summed E-state index contributed by atoms with van der Waals surface area (Å²) in [6, 6.07) is 10.9. The lowest BCUT2D eigenvalue weighted by Crippen LogP contribution is -2.13. The van der Waals surface area contributed by atoms with E-state index < -0.39 is 0 Å². The third-order valence-corrected chi connectivity index (χ3v) is 5.12. The molecule has 22 heavy (non-hydrogen) atoms. The SMILES string of the molecule is CCCC1CC=C(CC(C)Cc2ccccc2)C(C)=C1CC. The summed E-state index contributed by atoms with van der Waals surface area (Å²) in [5, 5.41) is 0. The summed E-state index contributed by atoms with van der Waals surface area (Å²) >= 11 is 0. The van der Waals surface area contributed by atoms with Gasteiger partial charge in [-0.1, -0.05) is 69.2 Å². The van der Waals surface area contributed by atoms with Crippen LogP contribution in [-0.2, 0) is 6.42 Å². The largest absolute Gasteiger partial charge is 0.0804 e. The summed E-state index contributed by atoms with van der Waals surface area (Å²) in [6.07, 6.45) is 10.1. The first-order chi connectivity index (χ1) is 10.7. The van der Waals surface area contributed by atoms with Gasteiger partial charge in [-0.05, 0) is 67.6 Å². The molecule has 0 heterocycles. The molecule has 0 bridgehead atoms. The Morgan fingerprint density at radius 2 is 1.82 bits per heavy atom. The highest BCUT2D eigenvalue weighted by atomic mass is 14.3. The van der Waals surface area contributed by atoms with E-state index in [1.54, 1.807) is 16.7 Å². The predicted octanol–water partition coefficient (Wildman–Crippen LogP) is 6.73. The van der Waals surface area contributed by atoms with Crippen molar-refractivity contribution in [2.24, 2.45) is 11.8 Å².